The number of amides is 3. The Bertz CT molecular complexity index is 1870. The number of carbonyl (C=O) groups excluding carboxylic acids is 3. The van der Waals surface area contributed by atoms with E-state index in [2.05, 4.69) is 14.9 Å². The van der Waals surface area contributed by atoms with Gasteiger partial charge < -0.3 is 25.9 Å². The molecular formula is C30H30N6O3. The number of unbranched alkanes of at least 4 members (excludes halogenated alkanes) is 1. The van der Waals surface area contributed by atoms with Gasteiger partial charge in [0, 0.05) is 46.2 Å². The Kier molecular flexibility index (Phi) is 5.30. The van der Waals surface area contributed by atoms with Crippen molar-refractivity contribution in [1.29, 1.82) is 0 Å². The fourth-order valence-electron chi connectivity index (χ4n) is 6.66. The van der Waals surface area contributed by atoms with E-state index in [4.69, 9.17) is 11.5 Å². The Labute approximate surface area is 224 Å². The fraction of sp³-hybridized carbons (Fsp3) is 0.300. The molecule has 3 amide bonds. The first-order chi connectivity index (χ1) is 18.9. The highest BCUT2D eigenvalue weighted by molar-refractivity contribution is 6.39. The number of para-hydroxylation sites is 2. The van der Waals surface area contributed by atoms with Crippen LogP contribution < -0.4 is 16.8 Å². The minimum atomic E-state index is -0.578. The molecule has 198 valence electrons. The van der Waals surface area contributed by atoms with Crippen molar-refractivity contribution in [2.45, 2.75) is 51.4 Å². The first-order valence-corrected chi connectivity index (χ1v) is 13.5. The lowest BCUT2D eigenvalue weighted by Gasteiger charge is -2.30. The summed E-state index contributed by atoms with van der Waals surface area (Å²) in [4.78, 5) is 45.4. The number of benzene rings is 3. The summed E-state index contributed by atoms with van der Waals surface area (Å²) in [6, 6.07) is 13.1. The third kappa shape index (κ3) is 3.30. The van der Waals surface area contributed by atoms with Gasteiger partial charge in [-0.3, -0.25) is 19.7 Å². The predicted molar refractivity (Wildman–Crippen MR) is 151 cm³/mol. The lowest BCUT2D eigenvalue weighted by molar-refractivity contribution is -0.135. The van der Waals surface area contributed by atoms with Gasteiger partial charge in [-0.2, -0.15) is 0 Å². The average Bonchev–Trinajstić information content (AvgIpc) is 3.52. The van der Waals surface area contributed by atoms with Crippen LogP contribution >= 0.6 is 0 Å². The Balaban J connectivity index is 1.50. The fourth-order valence-corrected chi connectivity index (χ4v) is 6.66. The SMILES string of the molecule is CC1Cn2c3c(cccc3c3c4c(c5c6ccccc6[nH]c5c32)C(=O)NC4=O)CN1C(=O)[C@@H](N)CCCCN. The number of hydrogen-bond acceptors (Lipinski definition) is 5. The first kappa shape index (κ1) is 23.9. The van der Waals surface area contributed by atoms with E-state index in [9.17, 15) is 14.4 Å². The van der Waals surface area contributed by atoms with Gasteiger partial charge in [0.2, 0.25) is 5.91 Å². The standard InChI is InChI=1S/C30H30N6O3/c1-15-13-36-26-16(14-35(15)30(39)19(32)10-4-5-12-31)7-6-9-18(26)22-24-23(28(37)34-29(24)38)21-17-8-2-3-11-20(17)33-25(21)27(22)36/h2-3,6-9,11,15,19,33H,4-5,10,12-14,31-32H2,1H3,(H,34,37,38)/t15?,19-/m0/s1. The first-order valence-electron chi connectivity index (χ1n) is 13.5. The van der Waals surface area contributed by atoms with Crippen LogP contribution in [0.15, 0.2) is 42.5 Å². The number of aromatic amines is 1. The topological polar surface area (TPSA) is 139 Å². The maximum Gasteiger partial charge on any atom is 0.259 e. The van der Waals surface area contributed by atoms with Crippen molar-refractivity contribution in [3.63, 3.8) is 0 Å². The molecule has 0 fully saturated rings. The largest absolute Gasteiger partial charge is 0.353 e. The van der Waals surface area contributed by atoms with Gasteiger partial charge in [0.25, 0.3) is 11.8 Å². The number of nitrogens with two attached hydrogens (primary N) is 2. The number of imide groups is 1. The Hall–Kier alpha value is -4.21. The summed E-state index contributed by atoms with van der Waals surface area (Å²) in [7, 11) is 0. The minimum absolute atomic E-state index is 0.0618. The molecule has 2 aliphatic heterocycles. The summed E-state index contributed by atoms with van der Waals surface area (Å²) in [6.45, 7) is 3.57. The summed E-state index contributed by atoms with van der Waals surface area (Å²) in [5, 5.41) is 5.87. The third-order valence-electron chi connectivity index (χ3n) is 8.43. The van der Waals surface area contributed by atoms with E-state index in [1.165, 1.54) is 0 Å². The highest BCUT2D eigenvalue weighted by atomic mass is 16.2. The molecule has 0 radical (unpaired) electrons. The predicted octanol–water partition coefficient (Wildman–Crippen LogP) is 3.50. The highest BCUT2D eigenvalue weighted by Gasteiger charge is 2.37. The molecule has 6 N–H and O–H groups in total. The molecule has 4 heterocycles. The van der Waals surface area contributed by atoms with Gasteiger partial charge in [-0.1, -0.05) is 42.8 Å². The van der Waals surface area contributed by atoms with E-state index in [1.807, 2.05) is 54.3 Å². The van der Waals surface area contributed by atoms with Crippen LogP contribution in [0.4, 0.5) is 0 Å². The molecule has 0 bridgehead atoms. The summed E-state index contributed by atoms with van der Waals surface area (Å²) in [5.41, 5.74) is 17.4. The van der Waals surface area contributed by atoms with Crippen LogP contribution in [0, 0.1) is 0 Å². The highest BCUT2D eigenvalue weighted by Crippen LogP contribution is 2.45. The molecule has 2 atom stereocenters. The number of fused-ring (bicyclic) bond motifs is 10. The van der Waals surface area contributed by atoms with Gasteiger partial charge in [-0.15, -0.1) is 0 Å². The van der Waals surface area contributed by atoms with Crippen molar-refractivity contribution in [3.05, 3.63) is 59.2 Å². The van der Waals surface area contributed by atoms with Gasteiger partial charge in [0.1, 0.15) is 0 Å². The van der Waals surface area contributed by atoms with E-state index >= 15 is 0 Å². The normalized spacial score (nSPS) is 17.8. The van der Waals surface area contributed by atoms with E-state index in [-0.39, 0.29) is 23.8 Å². The zero-order valence-corrected chi connectivity index (χ0v) is 21.7. The second-order valence-electron chi connectivity index (χ2n) is 10.8. The van der Waals surface area contributed by atoms with Gasteiger partial charge in [0.15, 0.2) is 0 Å². The van der Waals surface area contributed by atoms with E-state index in [1.54, 1.807) is 0 Å². The van der Waals surface area contributed by atoms with Gasteiger partial charge in [-0.25, -0.2) is 0 Å². The molecule has 0 saturated heterocycles. The molecule has 2 aromatic heterocycles. The van der Waals surface area contributed by atoms with Crippen LogP contribution in [-0.4, -0.2) is 50.8 Å². The molecule has 0 spiro atoms. The number of hydrogen-bond donors (Lipinski definition) is 4. The van der Waals surface area contributed by atoms with Crippen molar-refractivity contribution in [2.75, 3.05) is 6.54 Å². The number of H-pyrrole nitrogens is 1. The number of carbonyl (C=O) groups is 3. The lowest BCUT2D eigenvalue weighted by atomic mass is 9.96. The van der Waals surface area contributed by atoms with Crippen LogP contribution in [0.25, 0.3) is 43.6 Å². The number of rotatable bonds is 5. The van der Waals surface area contributed by atoms with Gasteiger partial charge >= 0.3 is 0 Å². The Morgan fingerprint density at radius 1 is 1.00 bits per heavy atom. The number of aromatic nitrogens is 2. The molecule has 39 heavy (non-hydrogen) atoms. The molecule has 0 aliphatic carbocycles. The van der Waals surface area contributed by atoms with Crippen LogP contribution in [0.3, 0.4) is 0 Å². The van der Waals surface area contributed by atoms with Crippen LogP contribution in [0.2, 0.25) is 0 Å². The number of nitrogens with one attached hydrogen (secondary N) is 2. The van der Waals surface area contributed by atoms with Crippen molar-refractivity contribution >= 4 is 61.3 Å². The smallest absolute Gasteiger partial charge is 0.259 e. The summed E-state index contributed by atoms with van der Waals surface area (Å²) in [6.07, 6.45) is 2.26. The van der Waals surface area contributed by atoms with E-state index < -0.39 is 6.04 Å². The molecule has 5 aromatic rings. The summed E-state index contributed by atoms with van der Waals surface area (Å²) >= 11 is 0. The molecule has 1 unspecified atom stereocenters. The average molecular weight is 523 g/mol. The lowest BCUT2D eigenvalue weighted by Crippen LogP contribution is -2.47. The van der Waals surface area contributed by atoms with Gasteiger partial charge in [0.05, 0.1) is 33.7 Å². The second kappa shape index (κ2) is 8.65. The molecule has 9 nitrogen and oxygen atoms in total. The number of nitrogens with zero attached hydrogens (tertiary/aromatic N) is 2. The molecule has 3 aromatic carbocycles. The Morgan fingerprint density at radius 2 is 1.74 bits per heavy atom. The van der Waals surface area contributed by atoms with Crippen molar-refractivity contribution in [1.82, 2.24) is 19.8 Å². The molecule has 2 aliphatic rings. The maximum atomic E-state index is 13.5. The zero-order chi connectivity index (χ0) is 27.0. The van der Waals surface area contributed by atoms with Crippen molar-refractivity contribution in [2.24, 2.45) is 11.5 Å². The second-order valence-corrected chi connectivity index (χ2v) is 10.8. The quantitative estimate of drug-likeness (QED) is 0.207. The monoisotopic (exact) mass is 522 g/mol. The minimum Gasteiger partial charge on any atom is -0.353 e. The van der Waals surface area contributed by atoms with Crippen LogP contribution in [0.1, 0.15) is 52.5 Å². The molecule has 0 saturated carbocycles. The van der Waals surface area contributed by atoms with Crippen LogP contribution in [0.5, 0.6) is 0 Å². The van der Waals surface area contributed by atoms with Gasteiger partial charge in [-0.05, 0) is 37.9 Å². The van der Waals surface area contributed by atoms with Crippen molar-refractivity contribution in [3.8, 4) is 0 Å². The third-order valence-corrected chi connectivity index (χ3v) is 8.43. The summed E-state index contributed by atoms with van der Waals surface area (Å²) < 4.78 is 2.23. The Morgan fingerprint density at radius 3 is 2.54 bits per heavy atom. The van der Waals surface area contributed by atoms with E-state index in [0.29, 0.717) is 37.2 Å². The molecule has 7 rings (SSSR count). The maximum absolute atomic E-state index is 13.5. The van der Waals surface area contributed by atoms with E-state index in [0.717, 1.165) is 62.0 Å². The summed E-state index contributed by atoms with van der Waals surface area (Å²) in [5.74, 6) is -0.806. The van der Waals surface area contributed by atoms with Crippen molar-refractivity contribution < 1.29 is 14.4 Å². The molecule has 9 heteroatoms. The zero-order valence-electron chi connectivity index (χ0n) is 21.7. The van der Waals surface area contributed by atoms with Crippen LogP contribution in [-0.2, 0) is 17.9 Å². The molecular weight excluding hydrogens is 492 g/mol.